The Labute approximate surface area is 78.7 Å². The normalized spacial score (nSPS) is 23.2. The van der Waals surface area contributed by atoms with Gasteiger partial charge in [0.15, 0.2) is 0 Å². The van der Waals surface area contributed by atoms with E-state index >= 15 is 0 Å². The number of hydrogen-bond donors (Lipinski definition) is 2. The standard InChI is InChI=1S/C10H17N3/c1-3-7(11)10-12-8-5-4-6(2)9(8)13-10/h6-7H,3-5,11H2,1-2H3,(H,12,13)/t6?,7-/m0/s1. The first-order valence-electron chi connectivity index (χ1n) is 5.06. The summed E-state index contributed by atoms with van der Waals surface area (Å²) < 4.78 is 0. The molecule has 1 unspecified atom stereocenters. The zero-order valence-corrected chi connectivity index (χ0v) is 8.30. The fourth-order valence-electron chi connectivity index (χ4n) is 1.91. The molecular formula is C10H17N3. The van der Waals surface area contributed by atoms with Crippen molar-refractivity contribution in [2.75, 3.05) is 0 Å². The van der Waals surface area contributed by atoms with E-state index in [0.717, 1.165) is 18.7 Å². The number of nitrogens with one attached hydrogen (secondary N) is 1. The molecule has 2 atom stereocenters. The van der Waals surface area contributed by atoms with E-state index in [1.54, 1.807) is 0 Å². The summed E-state index contributed by atoms with van der Waals surface area (Å²) in [6.45, 7) is 4.32. The Kier molecular flexibility index (Phi) is 2.12. The van der Waals surface area contributed by atoms with Crippen LogP contribution >= 0.6 is 0 Å². The van der Waals surface area contributed by atoms with Gasteiger partial charge in [0.05, 0.1) is 11.7 Å². The average Bonchev–Trinajstić information content (AvgIpc) is 2.67. The van der Waals surface area contributed by atoms with Crippen molar-refractivity contribution in [3.63, 3.8) is 0 Å². The van der Waals surface area contributed by atoms with E-state index < -0.39 is 0 Å². The van der Waals surface area contributed by atoms with E-state index in [-0.39, 0.29) is 6.04 Å². The van der Waals surface area contributed by atoms with Crippen molar-refractivity contribution in [2.24, 2.45) is 5.73 Å². The first-order chi connectivity index (χ1) is 6.22. The van der Waals surface area contributed by atoms with Gasteiger partial charge in [-0.25, -0.2) is 4.98 Å². The SMILES string of the molecule is CC[C@H](N)c1nc2c([nH]1)CCC2C. The summed E-state index contributed by atoms with van der Waals surface area (Å²) in [5.41, 5.74) is 8.47. The molecule has 1 aliphatic rings. The van der Waals surface area contributed by atoms with Crippen LogP contribution in [0.15, 0.2) is 0 Å². The lowest BCUT2D eigenvalue weighted by Crippen LogP contribution is -2.11. The van der Waals surface area contributed by atoms with Gasteiger partial charge < -0.3 is 10.7 Å². The minimum atomic E-state index is 0.0813. The van der Waals surface area contributed by atoms with Gasteiger partial charge in [-0.2, -0.15) is 0 Å². The first kappa shape index (κ1) is 8.75. The number of hydrogen-bond acceptors (Lipinski definition) is 2. The maximum absolute atomic E-state index is 5.91. The second kappa shape index (κ2) is 3.14. The predicted molar refractivity (Wildman–Crippen MR) is 52.5 cm³/mol. The fourth-order valence-corrected chi connectivity index (χ4v) is 1.91. The summed E-state index contributed by atoms with van der Waals surface area (Å²) in [5.74, 6) is 1.59. The predicted octanol–water partition coefficient (Wildman–Crippen LogP) is 1.87. The van der Waals surface area contributed by atoms with E-state index in [2.05, 4.69) is 23.8 Å². The van der Waals surface area contributed by atoms with Gasteiger partial charge in [0.25, 0.3) is 0 Å². The van der Waals surface area contributed by atoms with Gasteiger partial charge in [0.1, 0.15) is 5.82 Å². The van der Waals surface area contributed by atoms with Gasteiger partial charge in [-0.15, -0.1) is 0 Å². The number of aromatic amines is 1. The molecule has 3 heteroatoms. The molecule has 3 nitrogen and oxygen atoms in total. The molecule has 0 bridgehead atoms. The molecule has 0 saturated carbocycles. The molecule has 0 radical (unpaired) electrons. The van der Waals surface area contributed by atoms with E-state index in [0.29, 0.717) is 5.92 Å². The van der Waals surface area contributed by atoms with Crippen molar-refractivity contribution in [1.29, 1.82) is 0 Å². The molecule has 2 rings (SSSR count). The number of imidazole rings is 1. The Hall–Kier alpha value is -0.830. The van der Waals surface area contributed by atoms with Crippen molar-refractivity contribution in [3.8, 4) is 0 Å². The van der Waals surface area contributed by atoms with Crippen LogP contribution in [0.2, 0.25) is 0 Å². The second-order valence-electron chi connectivity index (χ2n) is 3.94. The number of rotatable bonds is 2. The zero-order valence-electron chi connectivity index (χ0n) is 8.30. The summed E-state index contributed by atoms with van der Waals surface area (Å²) in [6.07, 6.45) is 3.32. The Balaban J connectivity index is 2.28. The summed E-state index contributed by atoms with van der Waals surface area (Å²) in [4.78, 5) is 7.90. The van der Waals surface area contributed by atoms with Crippen LogP contribution in [0.1, 0.15) is 55.9 Å². The topological polar surface area (TPSA) is 54.7 Å². The molecule has 13 heavy (non-hydrogen) atoms. The number of nitrogens with zero attached hydrogens (tertiary/aromatic N) is 1. The monoisotopic (exact) mass is 179 g/mol. The number of aromatic nitrogens is 2. The van der Waals surface area contributed by atoms with E-state index in [1.165, 1.54) is 17.8 Å². The van der Waals surface area contributed by atoms with Gasteiger partial charge in [-0.05, 0) is 19.3 Å². The average molecular weight is 179 g/mol. The van der Waals surface area contributed by atoms with E-state index in [4.69, 9.17) is 5.73 Å². The lowest BCUT2D eigenvalue weighted by Gasteiger charge is -2.04. The molecule has 0 aliphatic heterocycles. The zero-order chi connectivity index (χ0) is 9.42. The van der Waals surface area contributed by atoms with Crippen molar-refractivity contribution >= 4 is 0 Å². The molecule has 1 aromatic rings. The highest BCUT2D eigenvalue weighted by molar-refractivity contribution is 5.24. The summed E-state index contributed by atoms with van der Waals surface area (Å²) in [6, 6.07) is 0.0813. The number of fused-ring (bicyclic) bond motifs is 1. The van der Waals surface area contributed by atoms with Crippen LogP contribution < -0.4 is 5.73 Å². The lowest BCUT2D eigenvalue weighted by molar-refractivity contribution is 0.639. The molecule has 0 spiro atoms. The number of H-pyrrole nitrogens is 1. The third-order valence-electron chi connectivity index (χ3n) is 2.91. The Bertz CT molecular complexity index is 303. The highest BCUT2D eigenvalue weighted by Gasteiger charge is 2.24. The number of aryl methyl sites for hydroxylation is 1. The van der Waals surface area contributed by atoms with Crippen LogP contribution in [0.5, 0.6) is 0 Å². The minimum Gasteiger partial charge on any atom is -0.344 e. The van der Waals surface area contributed by atoms with Crippen LogP contribution in [-0.2, 0) is 6.42 Å². The third kappa shape index (κ3) is 1.37. The van der Waals surface area contributed by atoms with E-state index in [9.17, 15) is 0 Å². The number of nitrogens with two attached hydrogens (primary N) is 1. The smallest absolute Gasteiger partial charge is 0.123 e. The van der Waals surface area contributed by atoms with Crippen LogP contribution in [0, 0.1) is 0 Å². The molecule has 72 valence electrons. The highest BCUT2D eigenvalue weighted by Crippen LogP contribution is 2.31. The van der Waals surface area contributed by atoms with Crippen molar-refractivity contribution < 1.29 is 0 Å². The van der Waals surface area contributed by atoms with Crippen LogP contribution in [0.25, 0.3) is 0 Å². The van der Waals surface area contributed by atoms with Gasteiger partial charge in [0.2, 0.25) is 0 Å². The molecule has 0 fully saturated rings. The largest absolute Gasteiger partial charge is 0.344 e. The van der Waals surface area contributed by atoms with Crippen molar-refractivity contribution in [2.45, 2.75) is 45.1 Å². The van der Waals surface area contributed by atoms with Gasteiger partial charge >= 0.3 is 0 Å². The first-order valence-corrected chi connectivity index (χ1v) is 5.06. The highest BCUT2D eigenvalue weighted by atomic mass is 15.0. The molecule has 1 heterocycles. The molecule has 1 aliphatic carbocycles. The second-order valence-corrected chi connectivity index (χ2v) is 3.94. The van der Waals surface area contributed by atoms with Gasteiger partial charge in [0, 0.05) is 11.6 Å². The van der Waals surface area contributed by atoms with Crippen LogP contribution in [0.3, 0.4) is 0 Å². The molecular weight excluding hydrogens is 162 g/mol. The van der Waals surface area contributed by atoms with Crippen molar-refractivity contribution in [3.05, 3.63) is 17.2 Å². The fraction of sp³-hybridized carbons (Fsp3) is 0.700. The molecule has 0 saturated heterocycles. The summed E-state index contributed by atoms with van der Waals surface area (Å²) in [5, 5.41) is 0. The lowest BCUT2D eigenvalue weighted by atomic mass is 10.1. The molecule has 3 N–H and O–H groups in total. The third-order valence-corrected chi connectivity index (χ3v) is 2.91. The van der Waals surface area contributed by atoms with E-state index in [1.807, 2.05) is 0 Å². The molecule has 0 aromatic carbocycles. The Morgan fingerprint density at radius 3 is 3.08 bits per heavy atom. The van der Waals surface area contributed by atoms with Crippen molar-refractivity contribution in [1.82, 2.24) is 9.97 Å². The maximum Gasteiger partial charge on any atom is 0.123 e. The van der Waals surface area contributed by atoms with Crippen LogP contribution in [-0.4, -0.2) is 9.97 Å². The minimum absolute atomic E-state index is 0.0813. The molecule has 0 amide bonds. The van der Waals surface area contributed by atoms with Gasteiger partial charge in [-0.1, -0.05) is 13.8 Å². The summed E-state index contributed by atoms with van der Waals surface area (Å²) >= 11 is 0. The molecule has 1 aromatic heterocycles. The quantitative estimate of drug-likeness (QED) is 0.728. The Morgan fingerprint density at radius 2 is 2.46 bits per heavy atom. The maximum atomic E-state index is 5.91. The van der Waals surface area contributed by atoms with Crippen LogP contribution in [0.4, 0.5) is 0 Å². The Morgan fingerprint density at radius 1 is 1.69 bits per heavy atom. The summed E-state index contributed by atoms with van der Waals surface area (Å²) in [7, 11) is 0. The van der Waals surface area contributed by atoms with Gasteiger partial charge in [-0.3, -0.25) is 0 Å².